The van der Waals surface area contributed by atoms with Gasteiger partial charge in [0, 0.05) is 18.1 Å². The Kier molecular flexibility index (Phi) is 3.34. The largest absolute Gasteiger partial charge is 0.485 e. The van der Waals surface area contributed by atoms with Crippen LogP contribution in [0.4, 0.5) is 0 Å². The van der Waals surface area contributed by atoms with E-state index in [2.05, 4.69) is 25.9 Å². The molecule has 126 valence electrons. The molecule has 6 rings (SSSR count). The normalized spacial score (nSPS) is 25.4. The van der Waals surface area contributed by atoms with Crippen LogP contribution in [0.25, 0.3) is 21.9 Å². The third-order valence-electron chi connectivity index (χ3n) is 5.38. The van der Waals surface area contributed by atoms with E-state index in [1.54, 1.807) is 12.4 Å². The van der Waals surface area contributed by atoms with Crippen LogP contribution in [-0.2, 0) is 0 Å². The molecule has 25 heavy (non-hydrogen) atoms. The lowest BCUT2D eigenvalue weighted by atomic mass is 9.86. The number of aromatic amines is 1. The molecule has 1 atom stereocenters. The molecule has 3 aromatic heterocycles. The molecule has 3 aliphatic rings. The number of H-pyrrole nitrogens is 1. The summed E-state index contributed by atoms with van der Waals surface area (Å²) in [5.41, 5.74) is 1.83. The molecule has 3 aliphatic heterocycles. The highest BCUT2D eigenvalue weighted by molar-refractivity contribution is 6.31. The molecule has 0 amide bonds. The number of nitriles is 1. The second kappa shape index (κ2) is 5.58. The Hall–Kier alpha value is -2.36. The average molecular weight is 354 g/mol. The number of rotatable bonds is 2. The maximum atomic E-state index is 9.55. The minimum atomic E-state index is 0.0964. The molecule has 0 aromatic carbocycles. The zero-order chi connectivity index (χ0) is 17.0. The van der Waals surface area contributed by atoms with Crippen LogP contribution in [-0.4, -0.2) is 45.6 Å². The first-order valence-corrected chi connectivity index (χ1v) is 8.86. The molecule has 6 heterocycles. The molecule has 3 saturated heterocycles. The van der Waals surface area contributed by atoms with E-state index in [0.29, 0.717) is 22.4 Å². The van der Waals surface area contributed by atoms with Gasteiger partial charge in [0.15, 0.2) is 11.4 Å². The molecule has 7 heteroatoms. The van der Waals surface area contributed by atoms with Crippen LogP contribution in [0.15, 0.2) is 18.5 Å². The summed E-state index contributed by atoms with van der Waals surface area (Å²) in [6, 6.07) is 4.03. The monoisotopic (exact) mass is 353 g/mol. The van der Waals surface area contributed by atoms with Gasteiger partial charge in [-0.05, 0) is 37.9 Å². The van der Waals surface area contributed by atoms with E-state index in [0.717, 1.165) is 54.4 Å². The van der Waals surface area contributed by atoms with Crippen molar-refractivity contribution in [2.45, 2.75) is 18.9 Å². The fourth-order valence-corrected chi connectivity index (χ4v) is 4.26. The highest BCUT2D eigenvalue weighted by Gasteiger charge is 2.36. The zero-order valence-electron chi connectivity index (χ0n) is 13.5. The first-order valence-electron chi connectivity index (χ1n) is 8.48. The van der Waals surface area contributed by atoms with E-state index in [1.165, 1.54) is 0 Å². The van der Waals surface area contributed by atoms with Gasteiger partial charge in [-0.15, -0.1) is 0 Å². The summed E-state index contributed by atoms with van der Waals surface area (Å²) in [6.45, 7) is 3.20. The van der Waals surface area contributed by atoms with Crippen LogP contribution in [0, 0.1) is 17.2 Å². The van der Waals surface area contributed by atoms with Crippen molar-refractivity contribution in [1.82, 2.24) is 19.9 Å². The van der Waals surface area contributed by atoms with Crippen molar-refractivity contribution >= 4 is 33.5 Å². The van der Waals surface area contributed by atoms with E-state index >= 15 is 0 Å². The summed E-state index contributed by atoms with van der Waals surface area (Å²) in [5.74, 6) is 1.09. The van der Waals surface area contributed by atoms with Crippen molar-refractivity contribution in [3.8, 4) is 11.8 Å². The van der Waals surface area contributed by atoms with Gasteiger partial charge in [-0.3, -0.25) is 4.90 Å². The lowest BCUT2D eigenvalue weighted by molar-refractivity contribution is -0.00727. The van der Waals surface area contributed by atoms with Crippen LogP contribution >= 0.6 is 11.6 Å². The lowest BCUT2D eigenvalue weighted by Gasteiger charge is -2.44. The first kappa shape index (κ1) is 14.9. The van der Waals surface area contributed by atoms with Crippen molar-refractivity contribution in [2.24, 2.45) is 5.92 Å². The summed E-state index contributed by atoms with van der Waals surface area (Å²) in [6.07, 6.45) is 5.66. The number of aromatic nitrogens is 3. The Balaban J connectivity index is 1.68. The predicted molar refractivity (Wildman–Crippen MR) is 94.7 cm³/mol. The summed E-state index contributed by atoms with van der Waals surface area (Å²) < 4.78 is 6.41. The first-order chi connectivity index (χ1) is 12.2. The number of pyridine rings is 2. The molecule has 0 aliphatic carbocycles. The van der Waals surface area contributed by atoms with Gasteiger partial charge in [-0.1, -0.05) is 11.6 Å². The summed E-state index contributed by atoms with van der Waals surface area (Å²) in [4.78, 5) is 14.3. The third-order valence-corrected chi connectivity index (χ3v) is 5.59. The second-order valence-electron chi connectivity index (χ2n) is 6.81. The van der Waals surface area contributed by atoms with Gasteiger partial charge in [0.25, 0.3) is 0 Å². The summed E-state index contributed by atoms with van der Waals surface area (Å²) in [5, 5.41) is 11.8. The van der Waals surface area contributed by atoms with Gasteiger partial charge in [0.1, 0.15) is 17.8 Å². The Bertz CT molecular complexity index is 1020. The number of piperidine rings is 3. The van der Waals surface area contributed by atoms with Gasteiger partial charge >= 0.3 is 0 Å². The molecular weight excluding hydrogens is 338 g/mol. The summed E-state index contributed by atoms with van der Waals surface area (Å²) >= 11 is 6.14. The third kappa shape index (κ3) is 2.35. The topological polar surface area (TPSA) is 77.8 Å². The van der Waals surface area contributed by atoms with E-state index in [-0.39, 0.29) is 6.10 Å². The van der Waals surface area contributed by atoms with Crippen molar-refractivity contribution in [1.29, 1.82) is 5.26 Å². The minimum absolute atomic E-state index is 0.0964. The highest BCUT2D eigenvalue weighted by atomic mass is 35.5. The molecule has 2 bridgehead atoms. The van der Waals surface area contributed by atoms with E-state index in [4.69, 9.17) is 16.3 Å². The van der Waals surface area contributed by atoms with Crippen LogP contribution in [0.2, 0.25) is 5.02 Å². The van der Waals surface area contributed by atoms with E-state index < -0.39 is 0 Å². The smallest absolute Gasteiger partial charge is 0.183 e. The van der Waals surface area contributed by atoms with Crippen molar-refractivity contribution in [3.05, 3.63) is 29.2 Å². The number of hydrogen-bond acceptors (Lipinski definition) is 5. The molecule has 0 spiro atoms. The molecule has 6 nitrogen and oxygen atoms in total. The SMILES string of the molecule is N#Cc1ncc2[nH]c3ncc(Cl)cc3c2c1OC1CN2CCC1CC2. The lowest BCUT2D eigenvalue weighted by Crippen LogP contribution is -2.52. The number of fused-ring (bicyclic) bond motifs is 6. The van der Waals surface area contributed by atoms with E-state index in [1.807, 2.05) is 6.07 Å². The van der Waals surface area contributed by atoms with Crippen LogP contribution < -0.4 is 4.74 Å². The van der Waals surface area contributed by atoms with Crippen LogP contribution in [0.5, 0.6) is 5.75 Å². The van der Waals surface area contributed by atoms with E-state index in [9.17, 15) is 5.26 Å². The Morgan fingerprint density at radius 3 is 2.84 bits per heavy atom. The number of hydrogen-bond donors (Lipinski definition) is 1. The molecule has 3 fully saturated rings. The fourth-order valence-electron chi connectivity index (χ4n) is 4.10. The quantitative estimate of drug-likeness (QED) is 0.765. The molecule has 0 radical (unpaired) electrons. The second-order valence-corrected chi connectivity index (χ2v) is 7.24. The Labute approximate surface area is 149 Å². The van der Waals surface area contributed by atoms with Crippen molar-refractivity contribution < 1.29 is 4.74 Å². The van der Waals surface area contributed by atoms with Crippen molar-refractivity contribution in [2.75, 3.05) is 19.6 Å². The number of nitrogens with zero attached hydrogens (tertiary/aromatic N) is 4. The number of ether oxygens (including phenoxy) is 1. The summed E-state index contributed by atoms with van der Waals surface area (Å²) in [7, 11) is 0. The Morgan fingerprint density at radius 2 is 2.12 bits per heavy atom. The average Bonchev–Trinajstić information content (AvgIpc) is 3.01. The maximum Gasteiger partial charge on any atom is 0.183 e. The molecule has 1 unspecified atom stereocenters. The standard InChI is InChI=1S/C18H16ClN5O/c19-11-5-12-16-14(23-18(12)22-7-11)8-21-13(6-20)17(16)25-15-9-24-3-1-10(15)2-4-24/h5,7-8,10,15H,1-4,9H2,(H,22,23). The number of nitrogens with one attached hydrogen (secondary N) is 1. The molecule has 3 aromatic rings. The van der Waals surface area contributed by atoms with Crippen LogP contribution in [0.3, 0.4) is 0 Å². The van der Waals surface area contributed by atoms with Gasteiger partial charge < -0.3 is 9.72 Å². The minimum Gasteiger partial charge on any atom is -0.485 e. The highest BCUT2D eigenvalue weighted by Crippen LogP contribution is 2.38. The molecular formula is C18H16ClN5O. The fraction of sp³-hybridized carbons (Fsp3) is 0.389. The molecule has 0 saturated carbocycles. The van der Waals surface area contributed by atoms with Crippen LogP contribution in [0.1, 0.15) is 18.5 Å². The van der Waals surface area contributed by atoms with Gasteiger partial charge in [0.2, 0.25) is 0 Å². The zero-order valence-corrected chi connectivity index (χ0v) is 14.3. The number of halogens is 1. The Morgan fingerprint density at radius 1 is 1.28 bits per heavy atom. The van der Waals surface area contributed by atoms with Gasteiger partial charge in [0.05, 0.1) is 22.1 Å². The van der Waals surface area contributed by atoms with Crippen molar-refractivity contribution in [3.63, 3.8) is 0 Å². The predicted octanol–water partition coefficient (Wildman–Crippen LogP) is 3.11. The maximum absolute atomic E-state index is 9.55. The van der Waals surface area contributed by atoms with Gasteiger partial charge in [-0.25, -0.2) is 9.97 Å². The van der Waals surface area contributed by atoms with Gasteiger partial charge in [-0.2, -0.15) is 5.26 Å². The molecule has 1 N–H and O–H groups in total.